The Morgan fingerprint density at radius 3 is 2.70 bits per heavy atom. The van der Waals surface area contributed by atoms with Crippen LogP contribution in [0, 0.1) is 11.3 Å². The molecular weight excluding hydrogens is 390 g/mol. The zero-order valence-corrected chi connectivity index (χ0v) is 18.8. The number of pyridine rings is 1. The minimum Gasteiger partial charge on any atom is -0.397 e. The van der Waals surface area contributed by atoms with E-state index in [9.17, 15) is 4.79 Å². The Labute approximate surface area is 182 Å². The molecule has 1 aromatic carbocycles. The Bertz CT molecular complexity index is 1140. The summed E-state index contributed by atoms with van der Waals surface area (Å²) >= 11 is 1.46. The van der Waals surface area contributed by atoms with E-state index in [0.29, 0.717) is 28.4 Å². The third kappa shape index (κ3) is 3.29. The highest BCUT2D eigenvalue weighted by Crippen LogP contribution is 2.40. The normalized spacial score (nSPS) is 18.9. The van der Waals surface area contributed by atoms with Crippen molar-refractivity contribution in [2.45, 2.75) is 53.0 Å². The van der Waals surface area contributed by atoms with Crippen LogP contribution in [0.5, 0.6) is 0 Å². The van der Waals surface area contributed by atoms with Gasteiger partial charge in [-0.2, -0.15) is 0 Å². The molecule has 5 rings (SSSR count). The van der Waals surface area contributed by atoms with Gasteiger partial charge in [-0.25, -0.2) is 4.98 Å². The first-order chi connectivity index (χ1) is 14.3. The van der Waals surface area contributed by atoms with E-state index in [1.165, 1.54) is 40.1 Å². The van der Waals surface area contributed by atoms with E-state index in [1.54, 1.807) is 0 Å². The van der Waals surface area contributed by atoms with Crippen molar-refractivity contribution in [3.05, 3.63) is 57.6 Å². The summed E-state index contributed by atoms with van der Waals surface area (Å²) in [5.74, 6) is 0.689. The molecule has 1 atom stereocenters. The molecule has 3 heterocycles. The predicted octanol–water partition coefficient (Wildman–Crippen LogP) is 5.23. The average molecular weight is 420 g/mol. The third-order valence-corrected chi connectivity index (χ3v) is 8.03. The molecule has 0 saturated carbocycles. The molecule has 0 bridgehead atoms. The van der Waals surface area contributed by atoms with E-state index in [-0.39, 0.29) is 5.91 Å². The van der Waals surface area contributed by atoms with Crippen molar-refractivity contribution in [3.63, 3.8) is 0 Å². The summed E-state index contributed by atoms with van der Waals surface area (Å²) in [5.41, 5.74) is 12.5. The van der Waals surface area contributed by atoms with Gasteiger partial charge >= 0.3 is 0 Å². The first-order valence-corrected chi connectivity index (χ1v) is 11.7. The van der Waals surface area contributed by atoms with E-state index in [4.69, 9.17) is 10.7 Å². The topological polar surface area (TPSA) is 59.2 Å². The molecule has 30 heavy (non-hydrogen) atoms. The van der Waals surface area contributed by atoms with Gasteiger partial charge in [-0.3, -0.25) is 4.79 Å². The minimum atomic E-state index is 0.0375. The number of hydrogen-bond donors (Lipinski definition) is 1. The molecule has 4 nitrogen and oxygen atoms in total. The standard InChI is InChI=1S/C25H29N3OS/c1-25(2,3)18-8-9-20-17(12-18)13-19-21(26)22(30-23(19)27-20)24(29)28-11-10-15-6-4-5-7-16(15)14-28/h4-7,13,18H,8-12,14,26H2,1-3H3. The number of nitrogens with zero attached hydrogens (tertiary/aromatic N) is 2. The van der Waals surface area contributed by atoms with Crippen molar-refractivity contribution in [1.82, 2.24) is 9.88 Å². The van der Waals surface area contributed by atoms with E-state index < -0.39 is 0 Å². The lowest BCUT2D eigenvalue weighted by Crippen LogP contribution is -2.35. The van der Waals surface area contributed by atoms with Crippen LogP contribution < -0.4 is 5.73 Å². The van der Waals surface area contributed by atoms with Crippen LogP contribution in [0.3, 0.4) is 0 Å². The molecule has 0 radical (unpaired) electrons. The molecule has 2 aliphatic rings. The number of carbonyl (C=O) groups is 1. The van der Waals surface area contributed by atoms with E-state index in [0.717, 1.165) is 36.0 Å². The Morgan fingerprint density at radius 2 is 1.93 bits per heavy atom. The summed E-state index contributed by atoms with van der Waals surface area (Å²) in [7, 11) is 0. The van der Waals surface area contributed by atoms with Gasteiger partial charge in [0.1, 0.15) is 9.71 Å². The van der Waals surface area contributed by atoms with Crippen molar-refractivity contribution >= 4 is 33.1 Å². The number of carbonyl (C=O) groups excluding carboxylic acids is 1. The number of thiophene rings is 1. The summed E-state index contributed by atoms with van der Waals surface area (Å²) in [6.07, 6.45) is 4.13. The van der Waals surface area contributed by atoms with Crippen LogP contribution in [0.2, 0.25) is 0 Å². The van der Waals surface area contributed by atoms with Crippen LogP contribution in [0.4, 0.5) is 5.69 Å². The number of fused-ring (bicyclic) bond motifs is 3. The molecule has 5 heteroatoms. The molecule has 1 amide bonds. The zero-order valence-electron chi connectivity index (χ0n) is 18.0. The van der Waals surface area contributed by atoms with Gasteiger partial charge in [0, 0.05) is 24.2 Å². The van der Waals surface area contributed by atoms with Crippen LogP contribution >= 0.6 is 11.3 Å². The van der Waals surface area contributed by atoms with Crippen LogP contribution in [-0.4, -0.2) is 22.3 Å². The number of aryl methyl sites for hydroxylation is 1. The van der Waals surface area contributed by atoms with Crippen LogP contribution in [0.1, 0.15) is 59.2 Å². The van der Waals surface area contributed by atoms with Crippen LogP contribution in [-0.2, 0) is 25.8 Å². The van der Waals surface area contributed by atoms with Gasteiger partial charge in [-0.05, 0) is 59.8 Å². The largest absolute Gasteiger partial charge is 0.397 e. The van der Waals surface area contributed by atoms with Crippen molar-refractivity contribution in [2.75, 3.05) is 12.3 Å². The van der Waals surface area contributed by atoms with Crippen molar-refractivity contribution in [2.24, 2.45) is 11.3 Å². The van der Waals surface area contributed by atoms with Gasteiger partial charge in [-0.1, -0.05) is 45.0 Å². The number of aromatic nitrogens is 1. The fraction of sp³-hybridized carbons (Fsp3) is 0.440. The molecule has 2 N–H and O–H groups in total. The molecule has 0 spiro atoms. The SMILES string of the molecule is CC(C)(C)C1CCc2nc3sc(C(=O)N4CCc5ccccc5C4)c(N)c3cc2C1. The quantitative estimate of drug-likeness (QED) is 0.588. The lowest BCUT2D eigenvalue weighted by molar-refractivity contribution is 0.0740. The Balaban J connectivity index is 1.46. The Hall–Kier alpha value is -2.40. The summed E-state index contributed by atoms with van der Waals surface area (Å²) in [4.78, 5) is 21.8. The number of rotatable bonds is 1. The van der Waals surface area contributed by atoms with Gasteiger partial charge < -0.3 is 10.6 Å². The van der Waals surface area contributed by atoms with Gasteiger partial charge in [0.05, 0.1) is 5.69 Å². The molecule has 0 saturated heterocycles. The summed E-state index contributed by atoms with van der Waals surface area (Å²) in [5, 5.41) is 0.953. The number of nitrogens with two attached hydrogens (primary N) is 1. The maximum Gasteiger partial charge on any atom is 0.266 e. The number of nitrogen functional groups attached to an aromatic ring is 1. The van der Waals surface area contributed by atoms with Crippen LogP contribution in [0.25, 0.3) is 10.2 Å². The fourth-order valence-electron chi connectivity index (χ4n) is 4.90. The predicted molar refractivity (Wildman–Crippen MR) is 124 cm³/mol. The Kier molecular flexibility index (Phi) is 4.62. The molecule has 1 aliphatic carbocycles. The highest BCUT2D eigenvalue weighted by molar-refractivity contribution is 7.21. The van der Waals surface area contributed by atoms with Gasteiger partial charge in [0.2, 0.25) is 0 Å². The van der Waals surface area contributed by atoms with Gasteiger partial charge in [-0.15, -0.1) is 11.3 Å². The second-order valence-corrected chi connectivity index (χ2v) is 10.8. The zero-order chi connectivity index (χ0) is 21.0. The summed E-state index contributed by atoms with van der Waals surface area (Å²) in [6.45, 7) is 8.35. The molecule has 0 fully saturated rings. The highest BCUT2D eigenvalue weighted by Gasteiger charge is 2.31. The van der Waals surface area contributed by atoms with Crippen LogP contribution in [0.15, 0.2) is 30.3 Å². The maximum atomic E-state index is 13.3. The van der Waals surface area contributed by atoms with Gasteiger partial charge in [0.25, 0.3) is 5.91 Å². The second kappa shape index (κ2) is 7.09. The maximum absolute atomic E-state index is 13.3. The van der Waals surface area contributed by atoms with Crippen molar-refractivity contribution in [1.29, 1.82) is 0 Å². The van der Waals surface area contributed by atoms with Crippen molar-refractivity contribution < 1.29 is 4.79 Å². The van der Waals surface area contributed by atoms with E-state index >= 15 is 0 Å². The second-order valence-electron chi connectivity index (χ2n) is 9.84. The fourth-order valence-corrected chi connectivity index (χ4v) is 5.97. The van der Waals surface area contributed by atoms with E-state index in [1.807, 2.05) is 11.0 Å². The average Bonchev–Trinajstić information content (AvgIpc) is 3.05. The lowest BCUT2D eigenvalue weighted by atomic mass is 9.71. The molecular formula is C25H29N3OS. The Morgan fingerprint density at radius 1 is 1.17 bits per heavy atom. The van der Waals surface area contributed by atoms with E-state index in [2.05, 4.69) is 45.0 Å². The number of hydrogen-bond acceptors (Lipinski definition) is 4. The smallest absolute Gasteiger partial charge is 0.266 e. The summed E-state index contributed by atoms with van der Waals surface area (Å²) in [6, 6.07) is 10.6. The molecule has 3 aromatic rings. The lowest BCUT2D eigenvalue weighted by Gasteiger charge is -2.34. The summed E-state index contributed by atoms with van der Waals surface area (Å²) < 4.78 is 0. The highest BCUT2D eigenvalue weighted by atomic mass is 32.1. The molecule has 2 aromatic heterocycles. The number of amides is 1. The first kappa shape index (κ1) is 19.6. The first-order valence-electron chi connectivity index (χ1n) is 10.9. The molecule has 156 valence electrons. The van der Waals surface area contributed by atoms with Crippen molar-refractivity contribution in [3.8, 4) is 0 Å². The molecule has 1 unspecified atom stereocenters. The number of anilines is 1. The number of benzene rings is 1. The molecule has 1 aliphatic heterocycles. The third-order valence-electron chi connectivity index (χ3n) is 6.92. The minimum absolute atomic E-state index is 0.0375. The van der Waals surface area contributed by atoms with Gasteiger partial charge in [0.15, 0.2) is 0 Å². The monoisotopic (exact) mass is 419 g/mol.